The van der Waals surface area contributed by atoms with Crippen molar-refractivity contribution in [3.63, 3.8) is 0 Å². The lowest BCUT2D eigenvalue weighted by atomic mass is 10.2. The van der Waals surface area contributed by atoms with Gasteiger partial charge < -0.3 is 10.1 Å². The van der Waals surface area contributed by atoms with Crippen molar-refractivity contribution in [2.24, 2.45) is 0 Å². The Balaban J connectivity index is 2.96. The Morgan fingerprint density at radius 2 is 1.73 bits per heavy atom. The fourth-order valence-electron chi connectivity index (χ4n) is 2.38. The van der Waals surface area contributed by atoms with E-state index in [1.54, 1.807) is 0 Å². The van der Waals surface area contributed by atoms with Crippen molar-refractivity contribution in [2.75, 3.05) is 12.4 Å². The molecule has 1 atom stereocenters. The van der Waals surface area contributed by atoms with E-state index in [-0.39, 0.29) is 4.68 Å². The van der Waals surface area contributed by atoms with Crippen LogP contribution in [0.5, 0.6) is 0 Å². The van der Waals surface area contributed by atoms with Crippen LogP contribution in [-0.2, 0) is 25.5 Å². The highest BCUT2D eigenvalue weighted by atomic mass is 35.5. The molecule has 1 aromatic carbocycles. The van der Waals surface area contributed by atoms with E-state index in [9.17, 15) is 44.8 Å². The molecule has 33 heavy (non-hydrogen) atoms. The topological polar surface area (TPSA) is 114 Å². The summed E-state index contributed by atoms with van der Waals surface area (Å²) in [5, 5.41) is 12.8. The van der Waals surface area contributed by atoms with Crippen LogP contribution in [0.2, 0.25) is 10.0 Å². The molecule has 8 nitrogen and oxygen atoms in total. The number of halogens is 8. The Kier molecular flexibility index (Phi) is 7.29. The summed E-state index contributed by atoms with van der Waals surface area (Å²) in [6.07, 6.45) is -6.25. The molecule has 1 N–H and O–H groups in total. The lowest BCUT2D eigenvalue weighted by Gasteiger charge is -2.17. The molecule has 0 radical (unpaired) electrons. The molecule has 0 aliphatic carbocycles. The number of alkyl halides is 6. The monoisotopic (exact) mass is 538 g/mol. The molecule has 17 heteroatoms. The summed E-state index contributed by atoms with van der Waals surface area (Å²) >= 11 is 11.7. The standard InChI is InChI=1S/C16H10Cl2F6N4O4S/c1-6(32-2)14(29)26-13-12(33(30,31)16(22,23)24)10(5-25)27-28(13)11-8(17)3-7(4-9(11)18)15(19,20)21/h3-4,6H,1-2H3,(H,26,29). The average Bonchev–Trinajstić information content (AvgIpc) is 3.03. The zero-order valence-electron chi connectivity index (χ0n) is 16.1. The number of nitrogens with zero attached hydrogens (tertiary/aromatic N) is 3. The van der Waals surface area contributed by atoms with E-state index in [2.05, 4.69) is 5.10 Å². The molecule has 0 saturated heterocycles. The number of anilines is 1. The molecular formula is C16H10Cl2F6N4O4S. The number of rotatable bonds is 5. The van der Waals surface area contributed by atoms with Gasteiger partial charge >= 0.3 is 11.7 Å². The van der Waals surface area contributed by atoms with Crippen LogP contribution >= 0.6 is 23.2 Å². The van der Waals surface area contributed by atoms with E-state index in [4.69, 9.17) is 27.9 Å². The Labute approximate surface area is 191 Å². The normalized spacial score (nSPS) is 13.5. The summed E-state index contributed by atoms with van der Waals surface area (Å²) < 4.78 is 108. The van der Waals surface area contributed by atoms with Gasteiger partial charge in [0, 0.05) is 7.11 Å². The van der Waals surface area contributed by atoms with E-state index in [0.717, 1.165) is 20.1 Å². The maximum Gasteiger partial charge on any atom is 0.502 e. The fraction of sp³-hybridized carbons (Fsp3) is 0.312. The number of carbonyl (C=O) groups is 1. The first kappa shape index (κ1) is 26.7. The van der Waals surface area contributed by atoms with Crippen LogP contribution in [0.4, 0.5) is 32.2 Å². The first-order chi connectivity index (χ1) is 15.0. The second-order valence-electron chi connectivity index (χ2n) is 6.15. The van der Waals surface area contributed by atoms with E-state index in [0.29, 0.717) is 12.1 Å². The van der Waals surface area contributed by atoms with Gasteiger partial charge in [-0.3, -0.25) is 4.79 Å². The number of sulfone groups is 1. The molecule has 1 unspecified atom stereocenters. The van der Waals surface area contributed by atoms with Crippen molar-refractivity contribution in [3.8, 4) is 11.8 Å². The number of nitrogens with one attached hydrogen (secondary N) is 1. The minimum atomic E-state index is -6.30. The molecule has 1 amide bonds. The van der Waals surface area contributed by atoms with Crippen LogP contribution in [-0.4, -0.2) is 42.8 Å². The number of hydrogen-bond donors (Lipinski definition) is 1. The largest absolute Gasteiger partial charge is 0.502 e. The SMILES string of the molecule is COC(C)C(=O)Nc1c(S(=O)(=O)C(F)(F)F)c(C#N)nn1-c1c(Cl)cc(C(F)(F)F)cc1Cl. The number of benzene rings is 1. The van der Waals surface area contributed by atoms with Crippen LogP contribution in [0.15, 0.2) is 17.0 Å². The van der Waals surface area contributed by atoms with Crippen LogP contribution in [0.3, 0.4) is 0 Å². The summed E-state index contributed by atoms with van der Waals surface area (Å²) in [4.78, 5) is 10.5. The molecule has 1 aromatic heterocycles. The number of amides is 1. The van der Waals surface area contributed by atoms with Crippen LogP contribution in [0, 0.1) is 11.3 Å². The second-order valence-corrected chi connectivity index (χ2v) is 8.84. The third-order valence-electron chi connectivity index (χ3n) is 4.04. The van der Waals surface area contributed by atoms with Gasteiger partial charge in [0.25, 0.3) is 15.7 Å². The molecular weight excluding hydrogens is 529 g/mol. The van der Waals surface area contributed by atoms with E-state index < -0.39 is 71.2 Å². The molecule has 0 aliphatic rings. The molecule has 0 spiro atoms. The van der Waals surface area contributed by atoms with Gasteiger partial charge in [-0.1, -0.05) is 23.2 Å². The van der Waals surface area contributed by atoms with Gasteiger partial charge in [-0.05, 0) is 19.1 Å². The van der Waals surface area contributed by atoms with Gasteiger partial charge in [-0.2, -0.15) is 36.7 Å². The molecule has 0 aliphatic heterocycles. The highest BCUT2D eigenvalue weighted by molar-refractivity contribution is 7.92. The van der Waals surface area contributed by atoms with E-state index in [1.807, 2.05) is 5.32 Å². The number of hydrogen-bond acceptors (Lipinski definition) is 6. The highest BCUT2D eigenvalue weighted by Gasteiger charge is 2.51. The third-order valence-corrected chi connectivity index (χ3v) is 6.15. The number of methoxy groups -OCH3 is 1. The van der Waals surface area contributed by atoms with Gasteiger partial charge in [-0.15, -0.1) is 0 Å². The summed E-state index contributed by atoms with van der Waals surface area (Å²) in [6.45, 7) is 1.15. The molecule has 2 rings (SSSR count). The van der Waals surface area contributed by atoms with Gasteiger partial charge in [-0.25, -0.2) is 13.1 Å². The van der Waals surface area contributed by atoms with Crippen LogP contribution in [0.1, 0.15) is 18.2 Å². The molecule has 1 heterocycles. The number of aromatic nitrogens is 2. The van der Waals surface area contributed by atoms with Gasteiger partial charge in [0.2, 0.25) is 0 Å². The molecule has 2 aromatic rings. The summed E-state index contributed by atoms with van der Waals surface area (Å²) in [5.74, 6) is -2.41. The predicted octanol–water partition coefficient (Wildman–Crippen LogP) is 4.34. The Morgan fingerprint density at radius 1 is 1.21 bits per heavy atom. The third kappa shape index (κ3) is 5.03. The lowest BCUT2D eigenvalue weighted by molar-refractivity contribution is -0.137. The smallest absolute Gasteiger partial charge is 0.372 e. The number of carbonyl (C=O) groups excluding carboxylic acids is 1. The molecule has 0 saturated carbocycles. The van der Waals surface area contributed by atoms with Crippen molar-refractivity contribution in [1.82, 2.24) is 9.78 Å². The van der Waals surface area contributed by atoms with Gasteiger partial charge in [0.15, 0.2) is 16.4 Å². The van der Waals surface area contributed by atoms with Crippen molar-refractivity contribution < 1.29 is 44.3 Å². The Morgan fingerprint density at radius 3 is 2.12 bits per heavy atom. The average molecular weight is 539 g/mol. The maximum absolute atomic E-state index is 13.3. The molecule has 0 fully saturated rings. The Hall–Kier alpha value is -2.54. The molecule has 0 bridgehead atoms. The predicted molar refractivity (Wildman–Crippen MR) is 102 cm³/mol. The van der Waals surface area contributed by atoms with Crippen molar-refractivity contribution in [3.05, 3.63) is 33.4 Å². The number of nitriles is 1. The first-order valence-electron chi connectivity index (χ1n) is 8.22. The van der Waals surface area contributed by atoms with E-state index in [1.165, 1.54) is 0 Å². The highest BCUT2D eigenvalue weighted by Crippen LogP contribution is 2.42. The fourth-order valence-corrected chi connectivity index (χ4v) is 3.99. The summed E-state index contributed by atoms with van der Waals surface area (Å²) in [7, 11) is -5.24. The van der Waals surface area contributed by atoms with Crippen LogP contribution < -0.4 is 5.32 Å². The minimum Gasteiger partial charge on any atom is -0.372 e. The summed E-state index contributed by atoms with van der Waals surface area (Å²) in [6, 6.07) is 1.83. The van der Waals surface area contributed by atoms with Crippen molar-refractivity contribution >= 4 is 44.8 Å². The zero-order chi connectivity index (χ0) is 25.5. The quantitative estimate of drug-likeness (QED) is 0.566. The summed E-state index contributed by atoms with van der Waals surface area (Å²) in [5.41, 5.74) is -9.34. The van der Waals surface area contributed by atoms with E-state index >= 15 is 0 Å². The van der Waals surface area contributed by atoms with Crippen LogP contribution in [0.25, 0.3) is 5.69 Å². The lowest BCUT2D eigenvalue weighted by Crippen LogP contribution is -2.30. The minimum absolute atomic E-state index is 0.224. The first-order valence-corrected chi connectivity index (χ1v) is 10.5. The second kappa shape index (κ2) is 9.01. The van der Waals surface area contributed by atoms with Gasteiger partial charge in [0.1, 0.15) is 17.9 Å². The Bertz CT molecular complexity index is 1230. The van der Waals surface area contributed by atoms with Crippen molar-refractivity contribution in [2.45, 2.75) is 29.6 Å². The van der Waals surface area contributed by atoms with Crippen molar-refractivity contribution in [1.29, 1.82) is 5.26 Å². The molecule has 180 valence electrons. The van der Waals surface area contributed by atoms with Gasteiger partial charge in [0.05, 0.1) is 15.6 Å². The maximum atomic E-state index is 13.3. The number of ether oxygens (including phenoxy) is 1. The zero-order valence-corrected chi connectivity index (χ0v) is 18.5.